The summed E-state index contributed by atoms with van der Waals surface area (Å²) in [7, 11) is -4.24. The summed E-state index contributed by atoms with van der Waals surface area (Å²) in [6.07, 6.45) is -0.0494. The van der Waals surface area contributed by atoms with Crippen LogP contribution in [0.4, 0.5) is 13.2 Å². The Balaban J connectivity index is 1.77. The van der Waals surface area contributed by atoms with E-state index in [1.54, 1.807) is 0 Å². The first-order valence-corrected chi connectivity index (χ1v) is 10.6. The van der Waals surface area contributed by atoms with Crippen molar-refractivity contribution in [2.24, 2.45) is 5.92 Å². The van der Waals surface area contributed by atoms with Gasteiger partial charge in [-0.2, -0.15) is 13.2 Å². The Morgan fingerprint density at radius 1 is 1.25 bits per heavy atom. The van der Waals surface area contributed by atoms with E-state index >= 15 is 0 Å². The van der Waals surface area contributed by atoms with Gasteiger partial charge in [0.1, 0.15) is 0 Å². The van der Waals surface area contributed by atoms with E-state index in [0.717, 1.165) is 37.5 Å². The molecule has 1 aromatic carbocycles. The molecule has 0 spiro atoms. The molecule has 28 heavy (non-hydrogen) atoms. The van der Waals surface area contributed by atoms with Crippen LogP contribution in [0.25, 0.3) is 0 Å². The van der Waals surface area contributed by atoms with Crippen LogP contribution in [0.3, 0.4) is 0 Å². The molecule has 0 saturated heterocycles. The molecule has 2 unspecified atom stereocenters. The van der Waals surface area contributed by atoms with Crippen LogP contribution in [0, 0.1) is 5.92 Å². The molecule has 1 amide bonds. The average molecular weight is 422 g/mol. The molecule has 0 heterocycles. The lowest BCUT2D eigenvalue weighted by atomic mass is 9.88. The number of nitrogens with one attached hydrogen (secondary N) is 2. The van der Waals surface area contributed by atoms with Crippen LogP contribution in [0.2, 0.25) is 0 Å². The summed E-state index contributed by atoms with van der Waals surface area (Å²) in [4.78, 5) is 11.2. The summed E-state index contributed by atoms with van der Waals surface area (Å²) < 4.78 is 70.1. The molecule has 0 aliphatic heterocycles. The quantitative estimate of drug-likeness (QED) is 0.631. The highest BCUT2D eigenvalue weighted by atomic mass is 32.2. The summed E-state index contributed by atoms with van der Waals surface area (Å²) in [5.41, 5.74) is -1.08. The molecule has 2 rings (SSSR count). The van der Waals surface area contributed by atoms with E-state index in [0.29, 0.717) is 18.6 Å². The van der Waals surface area contributed by atoms with Crippen LogP contribution >= 0.6 is 0 Å². The van der Waals surface area contributed by atoms with Gasteiger partial charge in [0.2, 0.25) is 15.9 Å². The summed E-state index contributed by atoms with van der Waals surface area (Å²) in [6.45, 7) is 2.11. The Hall–Kier alpha value is -1.65. The molecule has 0 bridgehead atoms. The number of carbonyl (C=O) groups is 1. The summed E-state index contributed by atoms with van der Waals surface area (Å²) in [5, 5.41) is 2.53. The first-order chi connectivity index (χ1) is 13.1. The molecule has 0 aromatic heterocycles. The van der Waals surface area contributed by atoms with E-state index in [4.69, 9.17) is 4.74 Å². The van der Waals surface area contributed by atoms with E-state index in [9.17, 15) is 26.4 Å². The first-order valence-electron chi connectivity index (χ1n) is 9.15. The van der Waals surface area contributed by atoms with Crippen molar-refractivity contribution in [3.8, 4) is 0 Å². The molecule has 6 nitrogen and oxygen atoms in total. The molecule has 1 aromatic rings. The Morgan fingerprint density at radius 3 is 2.64 bits per heavy atom. The van der Waals surface area contributed by atoms with Gasteiger partial charge in [-0.05, 0) is 37.0 Å². The fraction of sp³-hybridized carbons (Fsp3) is 0.611. The molecule has 1 fully saturated rings. The zero-order valence-electron chi connectivity index (χ0n) is 15.6. The van der Waals surface area contributed by atoms with Crippen LogP contribution < -0.4 is 10.0 Å². The van der Waals surface area contributed by atoms with Crippen molar-refractivity contribution in [3.05, 3.63) is 29.8 Å². The minimum atomic E-state index is -4.65. The maximum absolute atomic E-state index is 12.7. The van der Waals surface area contributed by atoms with Gasteiger partial charge in [0.15, 0.2) is 0 Å². The van der Waals surface area contributed by atoms with Gasteiger partial charge in [-0.25, -0.2) is 13.1 Å². The number of rotatable bonds is 8. The van der Waals surface area contributed by atoms with Gasteiger partial charge in [0.05, 0.1) is 29.7 Å². The van der Waals surface area contributed by atoms with Crippen molar-refractivity contribution in [3.63, 3.8) is 0 Å². The minimum absolute atomic E-state index is 0.171. The lowest BCUT2D eigenvalue weighted by molar-refractivity contribution is -0.137. The molecule has 158 valence electrons. The van der Waals surface area contributed by atoms with E-state index in [2.05, 4.69) is 12.2 Å². The molecule has 1 aliphatic carbocycles. The zero-order valence-corrected chi connectivity index (χ0v) is 16.4. The number of hydrogen-bond acceptors (Lipinski definition) is 4. The van der Waals surface area contributed by atoms with Crippen LogP contribution in [-0.4, -0.2) is 40.1 Å². The van der Waals surface area contributed by atoms with Gasteiger partial charge in [-0.1, -0.05) is 25.8 Å². The molecular formula is C18H25F3N2O4S. The highest BCUT2D eigenvalue weighted by Gasteiger charge is 2.31. The van der Waals surface area contributed by atoms with Crippen LogP contribution in [-0.2, 0) is 25.7 Å². The normalized spacial score (nSPS) is 20.7. The summed E-state index contributed by atoms with van der Waals surface area (Å²) in [6, 6.07) is 3.34. The van der Waals surface area contributed by atoms with Crippen LogP contribution in [0.5, 0.6) is 0 Å². The van der Waals surface area contributed by atoms with E-state index in [1.165, 1.54) is 6.42 Å². The number of hydrogen-bond donors (Lipinski definition) is 2. The highest BCUT2D eigenvalue weighted by molar-refractivity contribution is 7.89. The van der Waals surface area contributed by atoms with E-state index < -0.39 is 39.1 Å². The van der Waals surface area contributed by atoms with Crippen molar-refractivity contribution >= 4 is 15.9 Å². The maximum Gasteiger partial charge on any atom is 0.416 e. The number of carbonyl (C=O) groups excluding carboxylic acids is 1. The SMILES string of the molecule is CC1CCCCC1OCCNC(=O)CNS(=O)(=O)c1cccc(C(F)(F)F)c1. The second-order valence-corrected chi connectivity index (χ2v) is 8.64. The predicted molar refractivity (Wildman–Crippen MR) is 97.0 cm³/mol. The Bertz CT molecular complexity index is 768. The van der Waals surface area contributed by atoms with Gasteiger partial charge in [-0.15, -0.1) is 0 Å². The number of halogens is 3. The molecule has 2 atom stereocenters. The van der Waals surface area contributed by atoms with Gasteiger partial charge >= 0.3 is 6.18 Å². The Labute approximate surface area is 162 Å². The van der Waals surface area contributed by atoms with Gasteiger partial charge in [-0.3, -0.25) is 4.79 Å². The van der Waals surface area contributed by atoms with Crippen LogP contribution in [0.1, 0.15) is 38.2 Å². The van der Waals surface area contributed by atoms with Gasteiger partial charge in [0, 0.05) is 6.54 Å². The van der Waals surface area contributed by atoms with Gasteiger partial charge in [0.25, 0.3) is 0 Å². The van der Waals surface area contributed by atoms with Crippen molar-refractivity contribution in [2.75, 3.05) is 19.7 Å². The average Bonchev–Trinajstić information content (AvgIpc) is 2.64. The van der Waals surface area contributed by atoms with Crippen molar-refractivity contribution in [2.45, 2.75) is 49.8 Å². The summed E-state index contributed by atoms with van der Waals surface area (Å²) >= 11 is 0. The maximum atomic E-state index is 12.7. The number of alkyl halides is 3. The van der Waals surface area contributed by atoms with Crippen molar-refractivity contribution < 1.29 is 31.1 Å². The van der Waals surface area contributed by atoms with E-state index in [-0.39, 0.29) is 12.6 Å². The standard InChI is InChI=1S/C18H25F3N2O4S/c1-13-5-2-3-8-16(13)27-10-9-22-17(24)12-23-28(25,26)15-7-4-6-14(11-15)18(19,20)21/h4,6-7,11,13,16,23H,2-3,5,8-10,12H2,1H3,(H,22,24). The molecule has 1 saturated carbocycles. The monoisotopic (exact) mass is 422 g/mol. The Kier molecular flexibility index (Phi) is 7.85. The largest absolute Gasteiger partial charge is 0.416 e. The molecular weight excluding hydrogens is 397 g/mol. The molecule has 1 aliphatic rings. The van der Waals surface area contributed by atoms with Crippen molar-refractivity contribution in [1.82, 2.24) is 10.0 Å². The molecule has 0 radical (unpaired) electrons. The third kappa shape index (κ3) is 6.75. The third-order valence-corrected chi connectivity index (χ3v) is 6.08. The lowest BCUT2D eigenvalue weighted by Crippen LogP contribution is -2.39. The fourth-order valence-corrected chi connectivity index (χ4v) is 4.10. The first kappa shape index (κ1) is 22.6. The number of benzene rings is 1. The fourth-order valence-electron chi connectivity index (χ4n) is 3.08. The highest BCUT2D eigenvalue weighted by Crippen LogP contribution is 2.30. The zero-order chi connectivity index (χ0) is 20.8. The lowest BCUT2D eigenvalue weighted by Gasteiger charge is -2.28. The predicted octanol–water partition coefficient (Wildman–Crippen LogP) is 2.70. The number of ether oxygens (including phenoxy) is 1. The second-order valence-electron chi connectivity index (χ2n) is 6.87. The Morgan fingerprint density at radius 2 is 1.96 bits per heavy atom. The summed E-state index contributed by atoms with van der Waals surface area (Å²) in [5.74, 6) is -0.112. The minimum Gasteiger partial charge on any atom is -0.376 e. The van der Waals surface area contributed by atoms with Gasteiger partial charge < -0.3 is 10.1 Å². The van der Waals surface area contributed by atoms with Crippen molar-refractivity contribution in [1.29, 1.82) is 0 Å². The second kappa shape index (κ2) is 9.71. The van der Waals surface area contributed by atoms with Crippen LogP contribution in [0.15, 0.2) is 29.2 Å². The molecule has 10 heteroatoms. The molecule has 2 N–H and O–H groups in total. The third-order valence-electron chi connectivity index (χ3n) is 4.68. The topological polar surface area (TPSA) is 84.5 Å². The number of sulfonamides is 1. The smallest absolute Gasteiger partial charge is 0.376 e. The number of amides is 1. The van der Waals surface area contributed by atoms with E-state index in [1.807, 2.05) is 4.72 Å².